The van der Waals surface area contributed by atoms with Crippen LogP contribution in [-0.2, 0) is 17.7 Å². The van der Waals surface area contributed by atoms with Crippen molar-refractivity contribution in [3.63, 3.8) is 0 Å². The van der Waals surface area contributed by atoms with Crippen molar-refractivity contribution in [3.05, 3.63) is 64.7 Å². The lowest BCUT2D eigenvalue weighted by molar-refractivity contribution is -0.0124. The third-order valence-electron chi connectivity index (χ3n) is 7.00. The Kier molecular flexibility index (Phi) is 7.04. The van der Waals surface area contributed by atoms with Crippen LogP contribution in [0.15, 0.2) is 42.5 Å². The van der Waals surface area contributed by atoms with E-state index in [-0.39, 0.29) is 24.5 Å². The van der Waals surface area contributed by atoms with Crippen molar-refractivity contribution in [3.8, 4) is 5.75 Å². The molecule has 5 rings (SSSR count). The van der Waals surface area contributed by atoms with Gasteiger partial charge in [0.25, 0.3) is 11.8 Å². The van der Waals surface area contributed by atoms with Gasteiger partial charge in [-0.3, -0.25) is 14.5 Å². The molecular weight excluding hydrogens is 446 g/mol. The minimum atomic E-state index is -0.657. The van der Waals surface area contributed by atoms with Crippen molar-refractivity contribution < 1.29 is 24.2 Å². The Bertz CT molecular complexity index is 1090. The molecule has 1 unspecified atom stereocenters. The molecule has 8 nitrogen and oxygen atoms in total. The molecule has 8 heteroatoms. The fraction of sp³-hybridized carbons (Fsp3) is 0.481. The van der Waals surface area contributed by atoms with Crippen LogP contribution in [0.3, 0.4) is 0 Å². The maximum Gasteiger partial charge on any atom is 0.257 e. The van der Waals surface area contributed by atoms with Gasteiger partial charge in [0, 0.05) is 44.8 Å². The third-order valence-corrected chi connectivity index (χ3v) is 7.00. The van der Waals surface area contributed by atoms with E-state index in [9.17, 15) is 14.7 Å². The van der Waals surface area contributed by atoms with Crippen molar-refractivity contribution in [1.29, 1.82) is 0 Å². The smallest absolute Gasteiger partial charge is 0.257 e. The molecule has 1 saturated heterocycles. The predicted molar refractivity (Wildman–Crippen MR) is 131 cm³/mol. The summed E-state index contributed by atoms with van der Waals surface area (Å²) in [5.41, 5.74) is 3.60. The van der Waals surface area contributed by atoms with E-state index < -0.39 is 6.10 Å². The predicted octanol–water partition coefficient (Wildman–Crippen LogP) is 1.80. The van der Waals surface area contributed by atoms with Gasteiger partial charge in [-0.2, -0.15) is 0 Å². The summed E-state index contributed by atoms with van der Waals surface area (Å²) in [4.78, 5) is 31.9. The maximum atomic E-state index is 13.3. The molecule has 0 aliphatic carbocycles. The second kappa shape index (κ2) is 10.4. The van der Waals surface area contributed by atoms with Crippen molar-refractivity contribution in [2.45, 2.75) is 32.1 Å². The number of morpholine rings is 1. The number of aliphatic hydroxyl groups is 1. The number of carbonyl (C=O) groups is 2. The molecule has 0 radical (unpaired) electrons. The molecular formula is C27H33N3O5. The Morgan fingerprint density at radius 1 is 1.09 bits per heavy atom. The van der Waals surface area contributed by atoms with Gasteiger partial charge < -0.3 is 24.4 Å². The fourth-order valence-corrected chi connectivity index (χ4v) is 5.17. The van der Waals surface area contributed by atoms with E-state index in [1.54, 1.807) is 28.0 Å². The summed E-state index contributed by atoms with van der Waals surface area (Å²) in [6.07, 6.45) is 0.318. The van der Waals surface area contributed by atoms with Crippen LogP contribution in [0.2, 0.25) is 0 Å². The lowest BCUT2D eigenvalue weighted by Gasteiger charge is -2.32. The lowest BCUT2D eigenvalue weighted by atomic mass is 10.00. The van der Waals surface area contributed by atoms with Gasteiger partial charge >= 0.3 is 0 Å². The zero-order valence-corrected chi connectivity index (χ0v) is 20.2. The third kappa shape index (κ3) is 5.34. The minimum Gasteiger partial charge on any atom is -0.491 e. The summed E-state index contributed by atoms with van der Waals surface area (Å²) in [6, 6.07) is 13.4. The van der Waals surface area contributed by atoms with Crippen molar-refractivity contribution >= 4 is 11.8 Å². The molecule has 0 saturated carbocycles. The highest BCUT2D eigenvalue weighted by Crippen LogP contribution is 2.26. The lowest BCUT2D eigenvalue weighted by Crippen LogP contribution is -2.44. The first kappa shape index (κ1) is 23.8. The molecule has 2 aromatic rings. The van der Waals surface area contributed by atoms with E-state index in [2.05, 4.69) is 23.1 Å². The van der Waals surface area contributed by atoms with Crippen molar-refractivity contribution in [1.82, 2.24) is 14.7 Å². The summed E-state index contributed by atoms with van der Waals surface area (Å²) < 4.78 is 11.4. The van der Waals surface area contributed by atoms with Gasteiger partial charge in [-0.25, -0.2) is 0 Å². The number of rotatable bonds is 5. The average Bonchev–Trinajstić information content (AvgIpc) is 3.01. The fourth-order valence-electron chi connectivity index (χ4n) is 5.17. The molecule has 2 aromatic carbocycles. The van der Waals surface area contributed by atoms with Crippen molar-refractivity contribution in [2.75, 3.05) is 52.5 Å². The van der Waals surface area contributed by atoms with Gasteiger partial charge in [-0.1, -0.05) is 24.3 Å². The number of fused-ring (bicyclic) bond motifs is 2. The van der Waals surface area contributed by atoms with Crippen LogP contribution in [0.4, 0.5) is 0 Å². The molecule has 3 aliphatic heterocycles. The molecule has 3 aliphatic rings. The van der Waals surface area contributed by atoms with Gasteiger partial charge in [0.05, 0.1) is 30.9 Å². The Morgan fingerprint density at radius 2 is 1.91 bits per heavy atom. The highest BCUT2D eigenvalue weighted by molar-refractivity contribution is 6.00. The number of nitrogens with zero attached hydrogens (tertiary/aromatic N) is 3. The molecule has 2 amide bonds. The Balaban J connectivity index is 1.22. The van der Waals surface area contributed by atoms with E-state index in [1.165, 1.54) is 11.1 Å². The van der Waals surface area contributed by atoms with E-state index in [0.29, 0.717) is 56.3 Å². The maximum absolute atomic E-state index is 13.3. The number of benzene rings is 2. The first-order valence-electron chi connectivity index (χ1n) is 12.4. The van der Waals surface area contributed by atoms with E-state index >= 15 is 0 Å². The second-order valence-corrected chi connectivity index (χ2v) is 9.65. The molecule has 1 fully saturated rings. The summed E-state index contributed by atoms with van der Waals surface area (Å²) in [6.45, 7) is 6.73. The number of amides is 2. The standard InChI is InChI=1S/C27H33N3O5/c1-19-15-29(10-12-34-19)26(32)21-6-7-24-25(14-21)35-13-11-30(27(24)33)18-23(31)17-28-9-8-20-4-2-3-5-22(20)16-28/h2-7,14,19,23,31H,8-13,15-18H2,1H3/t19?,23-/m1/s1. The summed E-state index contributed by atoms with van der Waals surface area (Å²) in [7, 11) is 0. The normalized spacial score (nSPS) is 21.5. The number of carbonyl (C=O) groups excluding carboxylic acids is 2. The van der Waals surface area contributed by atoms with E-state index in [1.807, 2.05) is 13.0 Å². The van der Waals surface area contributed by atoms with Gasteiger partial charge in [0.1, 0.15) is 12.4 Å². The first-order chi connectivity index (χ1) is 17.0. The van der Waals surface area contributed by atoms with Gasteiger partial charge in [-0.15, -0.1) is 0 Å². The van der Waals surface area contributed by atoms with Gasteiger partial charge in [0.15, 0.2) is 0 Å². The van der Waals surface area contributed by atoms with Crippen LogP contribution in [0.1, 0.15) is 38.8 Å². The highest BCUT2D eigenvalue weighted by atomic mass is 16.5. The zero-order valence-electron chi connectivity index (χ0n) is 20.2. The van der Waals surface area contributed by atoms with Crippen LogP contribution >= 0.6 is 0 Å². The van der Waals surface area contributed by atoms with Crippen molar-refractivity contribution in [2.24, 2.45) is 0 Å². The average molecular weight is 480 g/mol. The van der Waals surface area contributed by atoms with Gasteiger partial charge in [-0.05, 0) is 42.7 Å². The minimum absolute atomic E-state index is 0.00558. The molecule has 35 heavy (non-hydrogen) atoms. The molecule has 0 bridgehead atoms. The number of ether oxygens (including phenoxy) is 2. The summed E-state index contributed by atoms with van der Waals surface area (Å²) in [5, 5.41) is 10.8. The van der Waals surface area contributed by atoms with Crippen LogP contribution in [-0.4, -0.2) is 96.3 Å². The molecule has 186 valence electrons. The number of hydrogen-bond donors (Lipinski definition) is 1. The SMILES string of the molecule is CC1CN(C(=O)c2ccc3c(c2)OCCN(C[C@H](O)CN2CCc4ccccc4C2)C3=O)CCO1. The summed E-state index contributed by atoms with van der Waals surface area (Å²) in [5.74, 6) is 0.157. The quantitative estimate of drug-likeness (QED) is 0.704. The van der Waals surface area contributed by atoms with Crippen LogP contribution in [0.5, 0.6) is 5.75 Å². The molecule has 3 heterocycles. The topological polar surface area (TPSA) is 82.6 Å². The van der Waals surface area contributed by atoms with Gasteiger partial charge in [0.2, 0.25) is 0 Å². The summed E-state index contributed by atoms with van der Waals surface area (Å²) >= 11 is 0. The number of hydrogen-bond acceptors (Lipinski definition) is 6. The van der Waals surface area contributed by atoms with Crippen LogP contribution in [0.25, 0.3) is 0 Å². The van der Waals surface area contributed by atoms with E-state index in [0.717, 1.165) is 19.5 Å². The van der Waals surface area contributed by atoms with Crippen LogP contribution < -0.4 is 4.74 Å². The molecule has 0 spiro atoms. The second-order valence-electron chi connectivity index (χ2n) is 9.65. The number of β-amino-alcohol motifs (C(OH)–C–C–N with tert-alkyl or cyclic N) is 1. The Labute approximate surface area is 206 Å². The molecule has 2 atom stereocenters. The largest absolute Gasteiger partial charge is 0.491 e. The first-order valence-corrected chi connectivity index (χ1v) is 12.4. The molecule has 1 N–H and O–H groups in total. The van der Waals surface area contributed by atoms with Crippen LogP contribution in [0, 0.1) is 0 Å². The Morgan fingerprint density at radius 3 is 2.74 bits per heavy atom. The Hall–Kier alpha value is -2.94. The zero-order chi connectivity index (χ0) is 24.4. The monoisotopic (exact) mass is 479 g/mol. The highest BCUT2D eigenvalue weighted by Gasteiger charge is 2.29. The number of aliphatic hydroxyl groups excluding tert-OH is 1. The van der Waals surface area contributed by atoms with E-state index in [4.69, 9.17) is 9.47 Å². The molecule has 0 aromatic heterocycles.